The summed E-state index contributed by atoms with van der Waals surface area (Å²) in [5, 5.41) is 5.49. The Morgan fingerprint density at radius 3 is 2.29 bits per heavy atom. The summed E-state index contributed by atoms with van der Waals surface area (Å²) < 4.78 is 30.9. The largest absolute Gasteiger partial charge is 0.498 e. The van der Waals surface area contributed by atoms with E-state index in [1.54, 1.807) is 18.9 Å². The van der Waals surface area contributed by atoms with Crippen LogP contribution in [-0.4, -0.2) is 49.1 Å². The van der Waals surface area contributed by atoms with Crippen molar-refractivity contribution in [3.63, 3.8) is 0 Å². The number of aryl methyl sites for hydroxylation is 1. The summed E-state index contributed by atoms with van der Waals surface area (Å²) in [4.78, 5) is 0. The molecule has 0 aliphatic carbocycles. The Kier molecular flexibility index (Phi) is 5.49. The zero-order valence-corrected chi connectivity index (χ0v) is 19.2. The van der Waals surface area contributed by atoms with Crippen molar-refractivity contribution < 1.29 is 23.5 Å². The molecule has 1 aromatic heterocycles. The lowest BCUT2D eigenvalue weighted by atomic mass is 9.77. The van der Waals surface area contributed by atoms with Crippen LogP contribution in [0.1, 0.15) is 27.7 Å². The maximum atomic E-state index is 6.24. The van der Waals surface area contributed by atoms with Gasteiger partial charge in [-0.3, -0.25) is 4.68 Å². The van der Waals surface area contributed by atoms with Crippen LogP contribution in [0.25, 0.3) is 22.0 Å². The molecule has 1 saturated heterocycles. The Morgan fingerprint density at radius 2 is 1.65 bits per heavy atom. The van der Waals surface area contributed by atoms with Gasteiger partial charge in [0.1, 0.15) is 17.0 Å². The van der Waals surface area contributed by atoms with Crippen molar-refractivity contribution >= 4 is 23.5 Å². The van der Waals surface area contributed by atoms with Gasteiger partial charge in [-0.2, -0.15) is 5.10 Å². The van der Waals surface area contributed by atoms with Crippen molar-refractivity contribution in [3.8, 4) is 22.6 Å². The third-order valence-corrected chi connectivity index (χ3v) is 6.09. The number of benzene rings is 2. The van der Waals surface area contributed by atoms with Gasteiger partial charge in [0.15, 0.2) is 6.79 Å². The Balaban J connectivity index is 1.76. The van der Waals surface area contributed by atoms with Crippen molar-refractivity contribution in [2.75, 3.05) is 21.0 Å². The molecule has 0 bridgehead atoms. The Labute approximate surface area is 183 Å². The number of hydrogen-bond donors (Lipinski definition) is 0. The Hall–Kier alpha value is -2.55. The summed E-state index contributed by atoms with van der Waals surface area (Å²) in [5.74, 6) is 1.38. The molecule has 2 heterocycles. The van der Waals surface area contributed by atoms with Gasteiger partial charge in [0.05, 0.1) is 18.3 Å². The second-order valence-electron chi connectivity index (χ2n) is 8.81. The van der Waals surface area contributed by atoms with Gasteiger partial charge in [-0.15, -0.1) is 0 Å². The lowest BCUT2D eigenvalue weighted by Crippen LogP contribution is -2.41. The predicted octanol–water partition coefficient (Wildman–Crippen LogP) is 3.53. The lowest BCUT2D eigenvalue weighted by molar-refractivity contribution is 0.00578. The summed E-state index contributed by atoms with van der Waals surface area (Å²) in [6.07, 6.45) is 1.97. The van der Waals surface area contributed by atoms with Crippen LogP contribution >= 0.6 is 0 Å². The molecule has 31 heavy (non-hydrogen) atoms. The molecule has 0 atom stereocenters. The van der Waals surface area contributed by atoms with Crippen LogP contribution in [0.4, 0.5) is 0 Å². The quantitative estimate of drug-likeness (QED) is 0.446. The van der Waals surface area contributed by atoms with Crippen LogP contribution < -0.4 is 14.9 Å². The molecule has 0 saturated carbocycles. The first-order chi connectivity index (χ1) is 14.6. The van der Waals surface area contributed by atoms with Crippen LogP contribution in [0.15, 0.2) is 36.5 Å². The van der Waals surface area contributed by atoms with E-state index >= 15 is 0 Å². The number of fused-ring (bicyclic) bond motifs is 1. The summed E-state index contributed by atoms with van der Waals surface area (Å²) in [6, 6.07) is 10.1. The van der Waals surface area contributed by atoms with Gasteiger partial charge in [-0.1, -0.05) is 12.1 Å². The highest BCUT2D eigenvalue weighted by Gasteiger charge is 2.52. The van der Waals surface area contributed by atoms with Gasteiger partial charge in [0, 0.05) is 31.2 Å². The van der Waals surface area contributed by atoms with Crippen LogP contribution in [0, 0.1) is 0 Å². The average molecular weight is 424 g/mol. The summed E-state index contributed by atoms with van der Waals surface area (Å²) in [7, 11) is 4.62. The molecule has 164 valence electrons. The van der Waals surface area contributed by atoms with E-state index in [2.05, 4.69) is 11.2 Å². The predicted molar refractivity (Wildman–Crippen MR) is 121 cm³/mol. The minimum atomic E-state index is -0.527. The van der Waals surface area contributed by atoms with Crippen molar-refractivity contribution in [3.05, 3.63) is 36.5 Å². The van der Waals surface area contributed by atoms with Crippen LogP contribution in [-0.2, 0) is 21.1 Å². The maximum Gasteiger partial charge on any atom is 0.498 e. The normalized spacial score (nSPS) is 17.3. The molecular weight excluding hydrogens is 395 g/mol. The molecule has 2 aromatic carbocycles. The van der Waals surface area contributed by atoms with Gasteiger partial charge in [0.25, 0.3) is 0 Å². The number of aromatic nitrogens is 2. The van der Waals surface area contributed by atoms with Crippen LogP contribution in [0.2, 0.25) is 0 Å². The van der Waals surface area contributed by atoms with E-state index in [1.807, 2.05) is 65.2 Å². The molecule has 7 nitrogen and oxygen atoms in total. The van der Waals surface area contributed by atoms with Crippen LogP contribution in [0.5, 0.6) is 11.5 Å². The molecule has 0 unspecified atom stereocenters. The van der Waals surface area contributed by atoms with Gasteiger partial charge < -0.3 is 23.5 Å². The highest BCUT2D eigenvalue weighted by molar-refractivity contribution is 6.63. The molecular formula is C23H29BN2O5. The first-order valence-electron chi connectivity index (χ1n) is 10.3. The van der Waals surface area contributed by atoms with Crippen molar-refractivity contribution in [1.29, 1.82) is 0 Å². The van der Waals surface area contributed by atoms with E-state index in [-0.39, 0.29) is 6.79 Å². The van der Waals surface area contributed by atoms with E-state index in [0.29, 0.717) is 5.75 Å². The molecule has 8 heteroatoms. The van der Waals surface area contributed by atoms with E-state index in [4.69, 9.17) is 23.5 Å². The molecule has 1 aliphatic rings. The van der Waals surface area contributed by atoms with Crippen molar-refractivity contribution in [1.82, 2.24) is 9.78 Å². The van der Waals surface area contributed by atoms with E-state index in [0.717, 1.165) is 33.2 Å². The average Bonchev–Trinajstić information content (AvgIpc) is 3.19. The highest BCUT2D eigenvalue weighted by Crippen LogP contribution is 2.38. The second kappa shape index (κ2) is 7.86. The van der Waals surface area contributed by atoms with Crippen molar-refractivity contribution in [2.24, 2.45) is 7.05 Å². The third kappa shape index (κ3) is 3.91. The Morgan fingerprint density at radius 1 is 0.968 bits per heavy atom. The molecule has 0 spiro atoms. The second-order valence-corrected chi connectivity index (χ2v) is 8.81. The lowest BCUT2D eigenvalue weighted by Gasteiger charge is -2.32. The minimum absolute atomic E-state index is 0.126. The van der Waals surface area contributed by atoms with Crippen LogP contribution in [0.3, 0.4) is 0 Å². The van der Waals surface area contributed by atoms with Gasteiger partial charge in [-0.25, -0.2) is 0 Å². The third-order valence-electron chi connectivity index (χ3n) is 6.09. The molecule has 1 fully saturated rings. The van der Waals surface area contributed by atoms with Crippen molar-refractivity contribution in [2.45, 2.75) is 38.9 Å². The summed E-state index contributed by atoms with van der Waals surface area (Å²) in [5.41, 5.74) is 2.77. The number of methoxy groups -OCH3 is 2. The minimum Gasteiger partial charge on any atom is -0.494 e. The summed E-state index contributed by atoms with van der Waals surface area (Å²) >= 11 is 0. The maximum absolute atomic E-state index is 6.24. The molecule has 1 aliphatic heterocycles. The standard InChI is InChI=1S/C23H29BN2O5/c1-22(2)23(3,4)31-24(30-22)18-9-8-15(11-19(18)29-14-27-6)16-10-17-13-26(5)25-21(17)20(12-16)28-7/h8-13H,14H2,1-7H3. The molecule has 4 rings (SSSR count). The topological polar surface area (TPSA) is 64.0 Å². The van der Waals surface area contributed by atoms with E-state index in [9.17, 15) is 0 Å². The number of hydrogen-bond acceptors (Lipinski definition) is 6. The van der Waals surface area contributed by atoms with Gasteiger partial charge in [-0.05, 0) is 57.0 Å². The zero-order valence-electron chi connectivity index (χ0n) is 19.2. The fraction of sp³-hybridized carbons (Fsp3) is 0.435. The smallest absolute Gasteiger partial charge is 0.494 e. The molecule has 0 amide bonds. The van der Waals surface area contributed by atoms with Gasteiger partial charge >= 0.3 is 7.12 Å². The van der Waals surface area contributed by atoms with Gasteiger partial charge in [0.2, 0.25) is 0 Å². The monoisotopic (exact) mass is 424 g/mol. The number of ether oxygens (including phenoxy) is 3. The fourth-order valence-corrected chi connectivity index (χ4v) is 3.67. The summed E-state index contributed by atoms with van der Waals surface area (Å²) in [6.45, 7) is 8.26. The zero-order chi connectivity index (χ0) is 22.4. The molecule has 3 aromatic rings. The first-order valence-corrected chi connectivity index (χ1v) is 10.3. The highest BCUT2D eigenvalue weighted by atomic mass is 16.7. The first kappa shape index (κ1) is 21.7. The molecule has 0 radical (unpaired) electrons. The van der Waals surface area contributed by atoms with E-state index in [1.165, 1.54) is 0 Å². The molecule has 0 N–H and O–H groups in total. The fourth-order valence-electron chi connectivity index (χ4n) is 3.67. The Bertz CT molecular complexity index is 1090. The SMILES string of the molecule is COCOc1cc(-c2cc(OC)c3nn(C)cc3c2)ccc1B1OC(C)(C)C(C)(C)O1. The van der Waals surface area contributed by atoms with E-state index < -0.39 is 18.3 Å². The number of rotatable bonds is 6. The number of nitrogens with zero attached hydrogens (tertiary/aromatic N) is 2.